The Morgan fingerprint density at radius 2 is 2.08 bits per heavy atom. The van der Waals surface area contributed by atoms with Crippen molar-refractivity contribution in [3.8, 4) is 6.07 Å². The van der Waals surface area contributed by atoms with Crippen LogP contribution in [0.15, 0.2) is 59.5 Å². The SMILES string of the molecule is CCC1=C/CC/C=C/C(C#N)=C\1N(C)c1ccc2[nH]ccc2c1C. The molecule has 0 aliphatic heterocycles. The van der Waals surface area contributed by atoms with Crippen molar-refractivity contribution < 1.29 is 0 Å². The van der Waals surface area contributed by atoms with Crippen molar-refractivity contribution in [3.05, 3.63) is 65.0 Å². The number of aromatic amines is 1. The molecule has 0 unspecified atom stereocenters. The van der Waals surface area contributed by atoms with E-state index in [-0.39, 0.29) is 0 Å². The number of nitrogens with one attached hydrogen (secondary N) is 1. The van der Waals surface area contributed by atoms with Crippen LogP contribution >= 0.6 is 0 Å². The molecule has 0 atom stereocenters. The van der Waals surface area contributed by atoms with Gasteiger partial charge >= 0.3 is 0 Å². The number of nitrogens with zero attached hydrogens (tertiary/aromatic N) is 2. The minimum Gasteiger partial charge on any atom is -0.361 e. The van der Waals surface area contributed by atoms with E-state index in [0.29, 0.717) is 0 Å². The number of benzene rings is 1. The van der Waals surface area contributed by atoms with Crippen LogP contribution in [0.5, 0.6) is 0 Å². The fourth-order valence-corrected chi connectivity index (χ4v) is 3.46. The molecule has 3 rings (SSSR count). The molecule has 1 heterocycles. The van der Waals surface area contributed by atoms with E-state index in [1.165, 1.54) is 16.5 Å². The van der Waals surface area contributed by atoms with Gasteiger partial charge in [0.2, 0.25) is 0 Å². The standard InChI is InChI=1S/C21H23N3/c1-4-16-8-6-5-7-9-17(14-22)21(16)24(3)20-11-10-19-18(15(20)2)12-13-23-19/h7-13,23H,4-6H2,1-3H3/b9-7+,16-8-,21-17-. The van der Waals surface area contributed by atoms with E-state index in [1.807, 2.05) is 12.3 Å². The second kappa shape index (κ2) is 6.80. The molecule has 0 bridgehead atoms. The maximum absolute atomic E-state index is 9.68. The molecule has 24 heavy (non-hydrogen) atoms. The van der Waals surface area contributed by atoms with Gasteiger partial charge in [-0.05, 0) is 61.6 Å². The molecule has 1 aliphatic carbocycles. The smallest absolute Gasteiger partial charge is 0.101 e. The summed E-state index contributed by atoms with van der Waals surface area (Å²) in [5.41, 5.74) is 6.50. The van der Waals surface area contributed by atoms with Gasteiger partial charge in [-0.15, -0.1) is 0 Å². The first kappa shape index (κ1) is 16.1. The van der Waals surface area contributed by atoms with Gasteiger partial charge in [0.15, 0.2) is 0 Å². The van der Waals surface area contributed by atoms with Crippen molar-refractivity contribution in [1.82, 2.24) is 4.98 Å². The number of rotatable bonds is 3. The van der Waals surface area contributed by atoms with Gasteiger partial charge in [-0.25, -0.2) is 0 Å². The normalized spacial score (nSPS) is 21.5. The number of aryl methyl sites for hydroxylation is 1. The predicted octanol–water partition coefficient (Wildman–Crippen LogP) is 5.38. The number of likely N-dealkylation sites (N-methyl/N-ethyl adjacent to an activating group) is 1. The van der Waals surface area contributed by atoms with Crippen LogP contribution in [0.2, 0.25) is 0 Å². The maximum Gasteiger partial charge on any atom is 0.101 e. The molecule has 0 amide bonds. The molecule has 2 aromatic rings. The maximum atomic E-state index is 9.68. The Morgan fingerprint density at radius 3 is 2.83 bits per heavy atom. The van der Waals surface area contributed by atoms with E-state index in [9.17, 15) is 5.26 Å². The van der Waals surface area contributed by atoms with Gasteiger partial charge in [-0.3, -0.25) is 0 Å². The van der Waals surface area contributed by atoms with Gasteiger partial charge in [-0.2, -0.15) is 5.26 Å². The Hall–Kier alpha value is -2.73. The lowest BCUT2D eigenvalue weighted by Gasteiger charge is -2.28. The summed E-state index contributed by atoms with van der Waals surface area (Å²) in [5, 5.41) is 10.9. The average molecular weight is 317 g/mol. The molecule has 1 aromatic carbocycles. The van der Waals surface area contributed by atoms with Gasteiger partial charge in [0.25, 0.3) is 0 Å². The van der Waals surface area contributed by atoms with Crippen LogP contribution in [0, 0.1) is 18.3 Å². The predicted molar refractivity (Wildman–Crippen MR) is 101 cm³/mol. The molecule has 1 N–H and O–H groups in total. The highest BCUT2D eigenvalue weighted by Crippen LogP contribution is 2.33. The lowest BCUT2D eigenvalue weighted by atomic mass is 9.97. The number of aromatic nitrogens is 1. The third kappa shape index (κ3) is 2.76. The second-order valence-corrected chi connectivity index (χ2v) is 6.14. The number of H-pyrrole nitrogens is 1. The summed E-state index contributed by atoms with van der Waals surface area (Å²) >= 11 is 0. The number of anilines is 1. The van der Waals surface area contributed by atoms with Gasteiger partial charge in [-0.1, -0.05) is 19.1 Å². The first-order valence-electron chi connectivity index (χ1n) is 8.48. The van der Waals surface area contributed by atoms with Crippen LogP contribution < -0.4 is 4.90 Å². The summed E-state index contributed by atoms with van der Waals surface area (Å²) < 4.78 is 0. The van der Waals surface area contributed by atoms with Crippen LogP contribution in [-0.2, 0) is 0 Å². The van der Waals surface area contributed by atoms with Gasteiger partial charge in [0.1, 0.15) is 6.07 Å². The van der Waals surface area contributed by atoms with Crippen molar-refractivity contribution in [1.29, 1.82) is 5.26 Å². The van der Waals surface area contributed by atoms with E-state index >= 15 is 0 Å². The molecule has 0 fully saturated rings. The van der Waals surface area contributed by atoms with Crippen molar-refractivity contribution >= 4 is 16.6 Å². The molecule has 0 saturated carbocycles. The van der Waals surface area contributed by atoms with Crippen LogP contribution in [0.25, 0.3) is 10.9 Å². The lowest BCUT2D eigenvalue weighted by Crippen LogP contribution is -2.21. The van der Waals surface area contributed by atoms with Crippen LogP contribution in [0.4, 0.5) is 5.69 Å². The van der Waals surface area contributed by atoms with E-state index < -0.39 is 0 Å². The zero-order valence-electron chi connectivity index (χ0n) is 14.6. The van der Waals surface area contributed by atoms with E-state index in [1.54, 1.807) is 0 Å². The summed E-state index contributed by atoms with van der Waals surface area (Å²) in [5.74, 6) is 0. The number of fused-ring (bicyclic) bond motifs is 1. The molecule has 3 nitrogen and oxygen atoms in total. The van der Waals surface area contributed by atoms with E-state index in [0.717, 1.165) is 41.7 Å². The zero-order chi connectivity index (χ0) is 17.1. The van der Waals surface area contributed by atoms with Crippen LogP contribution in [-0.4, -0.2) is 12.0 Å². The van der Waals surface area contributed by atoms with Crippen LogP contribution in [0.1, 0.15) is 31.7 Å². The summed E-state index contributed by atoms with van der Waals surface area (Å²) in [6.07, 6.45) is 11.2. The molecule has 0 radical (unpaired) electrons. The fraction of sp³-hybridized carbons (Fsp3) is 0.286. The van der Waals surface area contributed by atoms with Crippen molar-refractivity contribution in [2.24, 2.45) is 0 Å². The minimum atomic E-state index is 0.735. The highest BCUT2D eigenvalue weighted by atomic mass is 15.1. The molecule has 0 saturated heterocycles. The Morgan fingerprint density at radius 1 is 1.25 bits per heavy atom. The van der Waals surface area contributed by atoms with Crippen molar-refractivity contribution in [2.45, 2.75) is 33.1 Å². The number of nitriles is 1. The van der Waals surface area contributed by atoms with Crippen LogP contribution in [0.3, 0.4) is 0 Å². The molecule has 3 heteroatoms. The Bertz CT molecular complexity index is 887. The average Bonchev–Trinajstić information content (AvgIpc) is 3.04. The minimum absolute atomic E-state index is 0.735. The Labute approximate surface area is 143 Å². The third-order valence-electron chi connectivity index (χ3n) is 4.74. The summed E-state index contributed by atoms with van der Waals surface area (Å²) in [4.78, 5) is 5.43. The van der Waals surface area contributed by atoms with E-state index in [4.69, 9.17) is 0 Å². The quantitative estimate of drug-likeness (QED) is 0.826. The largest absolute Gasteiger partial charge is 0.361 e. The fourth-order valence-electron chi connectivity index (χ4n) is 3.46. The van der Waals surface area contributed by atoms with Gasteiger partial charge < -0.3 is 9.88 Å². The number of hydrogen-bond donors (Lipinski definition) is 1. The molecule has 1 aliphatic rings. The summed E-state index contributed by atoms with van der Waals surface area (Å²) in [6.45, 7) is 4.30. The number of allylic oxidation sites excluding steroid dienone is 5. The Balaban J connectivity index is 2.18. The third-order valence-corrected chi connectivity index (χ3v) is 4.74. The van der Waals surface area contributed by atoms with Gasteiger partial charge in [0, 0.05) is 29.8 Å². The zero-order valence-corrected chi connectivity index (χ0v) is 14.6. The highest BCUT2D eigenvalue weighted by molar-refractivity contribution is 5.88. The van der Waals surface area contributed by atoms with Crippen molar-refractivity contribution in [3.63, 3.8) is 0 Å². The second-order valence-electron chi connectivity index (χ2n) is 6.14. The highest BCUT2D eigenvalue weighted by Gasteiger charge is 2.18. The molecule has 122 valence electrons. The molecular formula is C21H23N3. The first-order valence-corrected chi connectivity index (χ1v) is 8.48. The van der Waals surface area contributed by atoms with Gasteiger partial charge in [0.05, 0.1) is 11.3 Å². The molecular weight excluding hydrogens is 294 g/mol. The lowest BCUT2D eigenvalue weighted by molar-refractivity contribution is 0.956. The molecule has 0 spiro atoms. The monoisotopic (exact) mass is 317 g/mol. The van der Waals surface area contributed by atoms with Crippen molar-refractivity contribution in [2.75, 3.05) is 11.9 Å². The first-order chi connectivity index (χ1) is 11.7. The summed E-state index contributed by atoms with van der Waals surface area (Å²) in [6, 6.07) is 8.74. The molecule has 1 aromatic heterocycles. The number of hydrogen-bond acceptors (Lipinski definition) is 2. The topological polar surface area (TPSA) is 42.8 Å². The Kier molecular flexibility index (Phi) is 4.57. The van der Waals surface area contributed by atoms with E-state index in [2.05, 4.69) is 67.2 Å². The summed E-state index contributed by atoms with van der Waals surface area (Å²) in [7, 11) is 2.06.